The van der Waals surface area contributed by atoms with Crippen molar-refractivity contribution in [1.29, 1.82) is 0 Å². The zero-order valence-electron chi connectivity index (χ0n) is 11.7. The highest BCUT2D eigenvalue weighted by Gasteiger charge is 2.34. The first kappa shape index (κ1) is 13.4. The van der Waals surface area contributed by atoms with Gasteiger partial charge in [0, 0.05) is 37.2 Å². The van der Waals surface area contributed by atoms with Crippen LogP contribution in [0, 0.1) is 5.92 Å². The molecule has 0 radical (unpaired) electrons. The number of piperidine rings is 1. The Kier molecular flexibility index (Phi) is 3.92. The van der Waals surface area contributed by atoms with Crippen LogP contribution in [0.1, 0.15) is 31.2 Å². The van der Waals surface area contributed by atoms with E-state index in [1.54, 1.807) is 6.07 Å². The van der Waals surface area contributed by atoms with Crippen molar-refractivity contribution < 1.29 is 9.90 Å². The molecule has 1 aliphatic carbocycles. The first-order valence-electron chi connectivity index (χ1n) is 7.53. The smallest absolute Gasteiger partial charge is 0.225 e. The molecule has 2 aliphatic rings. The Balaban J connectivity index is 1.44. The molecule has 4 heteroatoms. The molecule has 4 nitrogen and oxygen atoms in total. The number of benzene rings is 1. The molecule has 1 aliphatic heterocycles. The Morgan fingerprint density at radius 2 is 1.90 bits per heavy atom. The van der Waals surface area contributed by atoms with Crippen LogP contribution in [0.5, 0.6) is 5.75 Å². The van der Waals surface area contributed by atoms with E-state index in [4.69, 9.17) is 0 Å². The van der Waals surface area contributed by atoms with Crippen LogP contribution >= 0.6 is 0 Å². The third-order valence-electron chi connectivity index (χ3n) is 4.31. The number of aromatic hydroxyl groups is 1. The van der Waals surface area contributed by atoms with Gasteiger partial charge in [-0.15, -0.1) is 0 Å². The van der Waals surface area contributed by atoms with Gasteiger partial charge in [-0.25, -0.2) is 0 Å². The van der Waals surface area contributed by atoms with E-state index in [1.807, 2.05) is 23.1 Å². The van der Waals surface area contributed by atoms with Crippen molar-refractivity contribution in [2.75, 3.05) is 13.1 Å². The van der Waals surface area contributed by atoms with Gasteiger partial charge < -0.3 is 15.3 Å². The van der Waals surface area contributed by atoms with Gasteiger partial charge in [-0.1, -0.05) is 18.2 Å². The summed E-state index contributed by atoms with van der Waals surface area (Å²) in [6, 6.07) is 7.87. The second-order valence-corrected chi connectivity index (χ2v) is 5.88. The normalized spacial score (nSPS) is 20.1. The predicted octanol–water partition coefficient (Wildman–Crippen LogP) is 1.88. The monoisotopic (exact) mass is 274 g/mol. The minimum Gasteiger partial charge on any atom is -0.508 e. The molecule has 20 heavy (non-hydrogen) atoms. The first-order valence-corrected chi connectivity index (χ1v) is 7.53. The van der Waals surface area contributed by atoms with E-state index in [2.05, 4.69) is 5.32 Å². The Morgan fingerprint density at radius 3 is 2.55 bits per heavy atom. The Hall–Kier alpha value is -1.55. The van der Waals surface area contributed by atoms with Crippen LogP contribution in [0.15, 0.2) is 24.3 Å². The molecular weight excluding hydrogens is 252 g/mol. The number of hydrogen-bond donors (Lipinski definition) is 2. The predicted molar refractivity (Wildman–Crippen MR) is 77.3 cm³/mol. The lowest BCUT2D eigenvalue weighted by Crippen LogP contribution is -2.45. The van der Waals surface area contributed by atoms with Crippen LogP contribution < -0.4 is 5.32 Å². The van der Waals surface area contributed by atoms with Crippen LogP contribution in [0.4, 0.5) is 0 Å². The molecule has 1 saturated carbocycles. The first-order chi connectivity index (χ1) is 9.74. The second-order valence-electron chi connectivity index (χ2n) is 5.88. The standard InChI is InChI=1S/C16H22N2O2/c19-15-4-2-1-3-13(15)11-17-14-7-9-18(10-8-14)16(20)12-5-6-12/h1-4,12,14,17,19H,5-11H2. The van der Waals surface area contributed by atoms with Crippen LogP contribution in [-0.2, 0) is 11.3 Å². The van der Waals surface area contributed by atoms with Gasteiger partial charge in [-0.05, 0) is 31.7 Å². The molecule has 0 aromatic heterocycles. The lowest BCUT2D eigenvalue weighted by molar-refractivity contribution is -0.133. The highest BCUT2D eigenvalue weighted by atomic mass is 16.3. The number of phenols is 1. The van der Waals surface area contributed by atoms with Crippen LogP contribution in [0.3, 0.4) is 0 Å². The van der Waals surface area contributed by atoms with E-state index in [0.29, 0.717) is 30.2 Å². The number of nitrogens with zero attached hydrogens (tertiary/aromatic N) is 1. The maximum atomic E-state index is 12.0. The van der Waals surface area contributed by atoms with E-state index >= 15 is 0 Å². The number of para-hydroxylation sites is 1. The molecule has 1 heterocycles. The maximum Gasteiger partial charge on any atom is 0.225 e. The van der Waals surface area contributed by atoms with Crippen molar-refractivity contribution in [2.45, 2.75) is 38.3 Å². The molecule has 0 unspecified atom stereocenters. The highest BCUT2D eigenvalue weighted by molar-refractivity contribution is 5.81. The summed E-state index contributed by atoms with van der Waals surface area (Å²) in [5.41, 5.74) is 0.934. The molecule has 1 saturated heterocycles. The molecule has 108 valence electrons. The minimum atomic E-state index is 0.334. The summed E-state index contributed by atoms with van der Waals surface area (Å²) in [6.45, 7) is 2.43. The fourth-order valence-electron chi connectivity index (χ4n) is 2.81. The van der Waals surface area contributed by atoms with Gasteiger partial charge in [0.1, 0.15) is 5.75 Å². The highest BCUT2D eigenvalue weighted by Crippen LogP contribution is 2.31. The van der Waals surface area contributed by atoms with Gasteiger partial charge in [0.15, 0.2) is 0 Å². The summed E-state index contributed by atoms with van der Waals surface area (Å²) in [5.74, 6) is 1.05. The SMILES string of the molecule is O=C(C1CC1)N1CCC(NCc2ccccc2O)CC1. The third kappa shape index (κ3) is 3.12. The van der Waals surface area contributed by atoms with Crippen molar-refractivity contribution >= 4 is 5.91 Å². The minimum absolute atomic E-state index is 0.334. The van der Waals surface area contributed by atoms with Crippen molar-refractivity contribution in [1.82, 2.24) is 10.2 Å². The third-order valence-corrected chi connectivity index (χ3v) is 4.31. The molecule has 0 spiro atoms. The summed E-state index contributed by atoms with van der Waals surface area (Å²) in [6.07, 6.45) is 4.19. The number of carbonyl (C=O) groups excluding carboxylic acids is 1. The topological polar surface area (TPSA) is 52.6 Å². The number of hydrogen-bond acceptors (Lipinski definition) is 3. The number of nitrogens with one attached hydrogen (secondary N) is 1. The maximum absolute atomic E-state index is 12.0. The number of phenolic OH excluding ortho intramolecular Hbond substituents is 1. The molecule has 1 amide bonds. The Labute approximate surface area is 119 Å². The van der Waals surface area contributed by atoms with Crippen molar-refractivity contribution in [3.63, 3.8) is 0 Å². The molecule has 0 atom stereocenters. The van der Waals surface area contributed by atoms with E-state index in [9.17, 15) is 9.90 Å². The number of likely N-dealkylation sites (tertiary alicyclic amines) is 1. The Morgan fingerprint density at radius 1 is 1.20 bits per heavy atom. The summed E-state index contributed by atoms with van der Waals surface area (Å²) < 4.78 is 0. The summed E-state index contributed by atoms with van der Waals surface area (Å²) in [7, 11) is 0. The van der Waals surface area contributed by atoms with Crippen LogP contribution in [0.2, 0.25) is 0 Å². The van der Waals surface area contributed by atoms with Crippen LogP contribution in [0.25, 0.3) is 0 Å². The largest absolute Gasteiger partial charge is 0.508 e. The fraction of sp³-hybridized carbons (Fsp3) is 0.562. The zero-order valence-corrected chi connectivity index (χ0v) is 11.7. The molecular formula is C16H22N2O2. The van der Waals surface area contributed by atoms with Gasteiger partial charge in [0.2, 0.25) is 5.91 Å². The van der Waals surface area contributed by atoms with E-state index in [-0.39, 0.29) is 0 Å². The quantitative estimate of drug-likeness (QED) is 0.881. The van der Waals surface area contributed by atoms with E-state index < -0.39 is 0 Å². The summed E-state index contributed by atoms with van der Waals surface area (Å²) >= 11 is 0. The van der Waals surface area contributed by atoms with Gasteiger partial charge in [0.25, 0.3) is 0 Å². The average molecular weight is 274 g/mol. The molecule has 2 N–H and O–H groups in total. The van der Waals surface area contributed by atoms with Gasteiger partial charge in [0.05, 0.1) is 0 Å². The van der Waals surface area contributed by atoms with Gasteiger partial charge >= 0.3 is 0 Å². The molecule has 1 aromatic carbocycles. The van der Waals surface area contributed by atoms with Gasteiger partial charge in [-0.3, -0.25) is 4.79 Å². The average Bonchev–Trinajstić information content (AvgIpc) is 3.31. The fourth-order valence-corrected chi connectivity index (χ4v) is 2.81. The second kappa shape index (κ2) is 5.83. The van der Waals surface area contributed by atoms with Crippen LogP contribution in [-0.4, -0.2) is 35.0 Å². The lowest BCUT2D eigenvalue weighted by atomic mass is 10.0. The Bertz CT molecular complexity index is 477. The number of carbonyl (C=O) groups is 1. The molecule has 2 fully saturated rings. The van der Waals surface area contributed by atoms with E-state index in [0.717, 1.165) is 44.3 Å². The molecule has 0 bridgehead atoms. The van der Waals surface area contributed by atoms with Crippen molar-refractivity contribution in [3.8, 4) is 5.75 Å². The van der Waals surface area contributed by atoms with E-state index in [1.165, 1.54) is 0 Å². The lowest BCUT2D eigenvalue weighted by Gasteiger charge is -2.32. The molecule has 3 rings (SSSR count). The summed E-state index contributed by atoms with van der Waals surface area (Å²) in [5, 5.41) is 13.2. The summed E-state index contributed by atoms with van der Waals surface area (Å²) in [4.78, 5) is 14.0. The van der Waals surface area contributed by atoms with Gasteiger partial charge in [-0.2, -0.15) is 0 Å². The number of rotatable bonds is 4. The van der Waals surface area contributed by atoms with Crippen molar-refractivity contribution in [3.05, 3.63) is 29.8 Å². The zero-order chi connectivity index (χ0) is 13.9. The number of amides is 1. The van der Waals surface area contributed by atoms with Crippen molar-refractivity contribution in [2.24, 2.45) is 5.92 Å². The molecule has 1 aromatic rings.